The third-order valence-corrected chi connectivity index (χ3v) is 4.96. The highest BCUT2D eigenvalue weighted by molar-refractivity contribution is 5.96. The molecule has 0 fully saturated rings. The van der Waals surface area contributed by atoms with Crippen LogP contribution in [-0.4, -0.2) is 30.5 Å². The minimum atomic E-state index is -0.562. The van der Waals surface area contributed by atoms with Gasteiger partial charge in [0.05, 0.1) is 12.2 Å². The van der Waals surface area contributed by atoms with E-state index in [1.54, 1.807) is 30.3 Å². The van der Waals surface area contributed by atoms with Gasteiger partial charge in [-0.05, 0) is 29.3 Å². The van der Waals surface area contributed by atoms with Gasteiger partial charge in [0, 0.05) is 29.9 Å². The van der Waals surface area contributed by atoms with Crippen molar-refractivity contribution >= 4 is 17.4 Å². The lowest BCUT2D eigenvalue weighted by atomic mass is 9.83. The number of anilines is 1. The van der Waals surface area contributed by atoms with Crippen LogP contribution in [0.2, 0.25) is 0 Å². The van der Waals surface area contributed by atoms with E-state index in [4.69, 9.17) is 9.84 Å². The molecule has 1 heterocycles. The van der Waals surface area contributed by atoms with Gasteiger partial charge < -0.3 is 14.7 Å². The van der Waals surface area contributed by atoms with Crippen LogP contribution in [-0.2, 0) is 21.6 Å². The average Bonchev–Trinajstić information content (AvgIpc) is 2.87. The van der Waals surface area contributed by atoms with Crippen molar-refractivity contribution in [1.82, 2.24) is 0 Å². The van der Waals surface area contributed by atoms with E-state index in [-0.39, 0.29) is 24.4 Å². The molecule has 0 radical (unpaired) electrons. The number of rotatable bonds is 5. The van der Waals surface area contributed by atoms with Gasteiger partial charge in [-0.2, -0.15) is 0 Å². The zero-order valence-electron chi connectivity index (χ0n) is 15.7. The Kier molecular flexibility index (Phi) is 5.15. The number of fused-ring (bicyclic) bond motifs is 1. The highest BCUT2D eigenvalue weighted by Gasteiger charge is 2.38. The molecule has 0 aromatic heterocycles. The van der Waals surface area contributed by atoms with Crippen molar-refractivity contribution in [2.45, 2.75) is 25.9 Å². The Balaban J connectivity index is 1.69. The fourth-order valence-electron chi connectivity index (χ4n) is 3.42. The molecule has 27 heavy (non-hydrogen) atoms. The Morgan fingerprint density at radius 3 is 2.41 bits per heavy atom. The summed E-state index contributed by atoms with van der Waals surface area (Å²) in [7, 11) is 1.93. The predicted octanol–water partition coefficient (Wildman–Crippen LogP) is 3.22. The molecule has 0 saturated carbocycles. The normalized spacial score (nSPS) is 16.3. The number of allylic oxidation sites excluding steroid dienone is 1. The monoisotopic (exact) mass is 365 g/mol. The van der Waals surface area contributed by atoms with Crippen molar-refractivity contribution in [3.8, 4) is 0 Å². The van der Waals surface area contributed by atoms with E-state index in [9.17, 15) is 9.59 Å². The molecule has 2 aromatic rings. The third-order valence-electron chi connectivity index (χ3n) is 4.96. The molecular formula is C22H23NO4. The van der Waals surface area contributed by atoms with E-state index in [0.29, 0.717) is 11.1 Å². The van der Waals surface area contributed by atoms with Crippen molar-refractivity contribution in [3.05, 3.63) is 77.0 Å². The smallest absolute Gasteiger partial charge is 0.338 e. The Labute approximate surface area is 158 Å². The second-order valence-electron chi connectivity index (χ2n) is 7.13. The van der Waals surface area contributed by atoms with E-state index >= 15 is 0 Å². The Bertz CT molecular complexity index is 897. The molecule has 3 rings (SSSR count). The van der Waals surface area contributed by atoms with Crippen molar-refractivity contribution in [1.29, 1.82) is 0 Å². The van der Waals surface area contributed by atoms with Gasteiger partial charge in [0.15, 0.2) is 12.4 Å². The number of carbonyl (C=O) groups excluding carboxylic acids is 2. The van der Waals surface area contributed by atoms with Gasteiger partial charge in [-0.1, -0.05) is 44.2 Å². The van der Waals surface area contributed by atoms with Crippen LogP contribution in [0.4, 0.5) is 5.69 Å². The zero-order valence-corrected chi connectivity index (χ0v) is 15.7. The predicted molar refractivity (Wildman–Crippen MR) is 104 cm³/mol. The summed E-state index contributed by atoms with van der Waals surface area (Å²) in [4.78, 5) is 26.5. The summed E-state index contributed by atoms with van der Waals surface area (Å²) in [6.07, 6.45) is 1.56. The molecule has 1 aliphatic heterocycles. The van der Waals surface area contributed by atoms with Gasteiger partial charge in [0.2, 0.25) is 0 Å². The number of hydrogen-bond acceptors (Lipinski definition) is 5. The first-order chi connectivity index (χ1) is 12.8. The lowest BCUT2D eigenvalue weighted by Gasteiger charge is -2.23. The Hall–Kier alpha value is -2.92. The van der Waals surface area contributed by atoms with E-state index in [0.717, 1.165) is 16.9 Å². The van der Waals surface area contributed by atoms with Gasteiger partial charge in [0.25, 0.3) is 0 Å². The minimum Gasteiger partial charge on any atom is -0.454 e. The SMILES string of the molecule is CN1C(=CC(=O)COC(=O)c2ccc(CO)cc2)C(C)(C)c2ccccc21. The number of esters is 1. The number of benzene rings is 2. The van der Waals surface area contributed by atoms with Crippen LogP contribution in [0, 0.1) is 0 Å². The number of nitrogens with zero attached hydrogens (tertiary/aromatic N) is 1. The molecule has 140 valence electrons. The summed E-state index contributed by atoms with van der Waals surface area (Å²) in [6, 6.07) is 14.5. The van der Waals surface area contributed by atoms with Crippen LogP contribution >= 0.6 is 0 Å². The quantitative estimate of drug-likeness (QED) is 0.651. The van der Waals surface area contributed by atoms with Crippen LogP contribution in [0.3, 0.4) is 0 Å². The Morgan fingerprint density at radius 1 is 1.11 bits per heavy atom. The number of aliphatic hydroxyl groups excluding tert-OH is 1. The summed E-state index contributed by atoms with van der Waals surface area (Å²) in [5, 5.41) is 9.04. The largest absolute Gasteiger partial charge is 0.454 e. The first kappa shape index (κ1) is 18.9. The topological polar surface area (TPSA) is 66.8 Å². The number of ketones is 1. The van der Waals surface area contributed by atoms with Crippen LogP contribution in [0.25, 0.3) is 0 Å². The molecule has 5 heteroatoms. The van der Waals surface area contributed by atoms with Crippen LogP contribution in [0.15, 0.2) is 60.3 Å². The molecule has 5 nitrogen and oxygen atoms in total. The second-order valence-corrected chi connectivity index (χ2v) is 7.13. The zero-order chi connectivity index (χ0) is 19.6. The molecule has 0 spiro atoms. The standard InChI is InChI=1S/C22H23NO4/c1-22(2)18-6-4-5-7-19(18)23(3)20(22)12-17(25)14-27-21(26)16-10-8-15(13-24)9-11-16/h4-12,24H,13-14H2,1-3H3. The third kappa shape index (κ3) is 3.64. The molecule has 0 unspecified atom stereocenters. The molecule has 0 bridgehead atoms. The van der Waals surface area contributed by atoms with Crippen LogP contribution in [0.5, 0.6) is 0 Å². The van der Waals surface area contributed by atoms with Gasteiger partial charge in [-0.25, -0.2) is 4.79 Å². The number of carbonyl (C=O) groups is 2. The molecule has 0 aliphatic carbocycles. The minimum absolute atomic E-state index is 0.0902. The maximum Gasteiger partial charge on any atom is 0.338 e. The maximum atomic E-state index is 12.4. The van der Waals surface area contributed by atoms with Crippen molar-refractivity contribution in [2.75, 3.05) is 18.6 Å². The van der Waals surface area contributed by atoms with Crippen molar-refractivity contribution in [2.24, 2.45) is 0 Å². The van der Waals surface area contributed by atoms with E-state index in [2.05, 4.69) is 19.9 Å². The van der Waals surface area contributed by atoms with Crippen LogP contribution < -0.4 is 4.90 Å². The van der Waals surface area contributed by atoms with Crippen molar-refractivity contribution in [3.63, 3.8) is 0 Å². The molecule has 1 aliphatic rings. The van der Waals surface area contributed by atoms with E-state index in [1.807, 2.05) is 30.1 Å². The average molecular weight is 365 g/mol. The fraction of sp³-hybridized carbons (Fsp3) is 0.273. The number of aliphatic hydroxyl groups is 1. The Morgan fingerprint density at radius 2 is 1.78 bits per heavy atom. The first-order valence-electron chi connectivity index (χ1n) is 8.79. The maximum absolute atomic E-state index is 12.4. The summed E-state index contributed by atoms with van der Waals surface area (Å²) < 4.78 is 5.14. The first-order valence-corrected chi connectivity index (χ1v) is 8.79. The number of para-hydroxylation sites is 1. The molecule has 0 amide bonds. The molecular weight excluding hydrogens is 342 g/mol. The fourth-order valence-corrected chi connectivity index (χ4v) is 3.42. The van der Waals surface area contributed by atoms with Crippen LogP contribution in [0.1, 0.15) is 35.3 Å². The lowest BCUT2D eigenvalue weighted by molar-refractivity contribution is -0.117. The summed E-state index contributed by atoms with van der Waals surface area (Å²) in [5.41, 5.74) is 3.86. The van der Waals surface area contributed by atoms with E-state index < -0.39 is 5.97 Å². The van der Waals surface area contributed by atoms with Gasteiger partial charge >= 0.3 is 5.97 Å². The summed E-state index contributed by atoms with van der Waals surface area (Å²) >= 11 is 0. The van der Waals surface area contributed by atoms with Gasteiger partial charge in [-0.15, -0.1) is 0 Å². The van der Waals surface area contributed by atoms with Gasteiger partial charge in [-0.3, -0.25) is 4.79 Å². The van der Waals surface area contributed by atoms with E-state index in [1.165, 1.54) is 0 Å². The second kappa shape index (κ2) is 7.37. The summed E-state index contributed by atoms with van der Waals surface area (Å²) in [6.45, 7) is 3.74. The molecule has 2 aromatic carbocycles. The summed E-state index contributed by atoms with van der Waals surface area (Å²) in [5.74, 6) is -0.827. The number of likely N-dealkylation sites (N-methyl/N-ethyl adjacent to an activating group) is 1. The molecule has 1 N–H and O–H groups in total. The number of hydrogen-bond donors (Lipinski definition) is 1. The van der Waals surface area contributed by atoms with Crippen molar-refractivity contribution < 1.29 is 19.4 Å². The number of ether oxygens (including phenoxy) is 1. The highest BCUT2D eigenvalue weighted by atomic mass is 16.5. The molecule has 0 atom stereocenters. The lowest BCUT2D eigenvalue weighted by Crippen LogP contribution is -2.25. The highest BCUT2D eigenvalue weighted by Crippen LogP contribution is 2.46. The van der Waals surface area contributed by atoms with Gasteiger partial charge in [0.1, 0.15) is 0 Å². The molecule has 0 saturated heterocycles.